The van der Waals surface area contributed by atoms with Crippen LogP contribution in [0.15, 0.2) is 64.8 Å². The molecule has 0 spiro atoms. The van der Waals surface area contributed by atoms with Crippen LogP contribution in [-0.2, 0) is 39.0 Å². The number of hydrogen-bond donors (Lipinski definition) is 0. The molecular weight excluding hydrogens is 516 g/mol. The number of hydrogen-bond acceptors (Lipinski definition) is 0. The maximum absolute atomic E-state index is 2.44. The number of fused-ring (bicyclic) bond motifs is 2. The first-order valence-corrected chi connectivity index (χ1v) is 15.7. The third-order valence-electron chi connectivity index (χ3n) is 8.27. The summed E-state index contributed by atoms with van der Waals surface area (Å²) in [6.07, 6.45) is 3.78. The van der Waals surface area contributed by atoms with Gasteiger partial charge in [0.1, 0.15) is 0 Å². The molecule has 0 nitrogen and oxygen atoms in total. The van der Waals surface area contributed by atoms with Gasteiger partial charge in [-0.25, -0.2) is 0 Å². The van der Waals surface area contributed by atoms with E-state index in [9.17, 15) is 0 Å². The maximum atomic E-state index is 2.44. The zero-order valence-corrected chi connectivity index (χ0v) is 26.8. The molecule has 5 rings (SSSR count). The first-order valence-electron chi connectivity index (χ1n) is 13.1. The number of allylic oxidation sites excluding steroid dienone is 4. The topological polar surface area (TPSA) is 0 Å². The molecule has 2 aliphatic rings. The van der Waals surface area contributed by atoms with Gasteiger partial charge in [0.05, 0.1) is 8.80 Å². The van der Waals surface area contributed by atoms with Crippen molar-refractivity contribution in [2.75, 3.05) is 0 Å². The van der Waals surface area contributed by atoms with Crippen LogP contribution in [0, 0.1) is 6.92 Å². The van der Waals surface area contributed by atoms with Gasteiger partial charge in [-0.2, -0.15) is 6.07 Å². The molecule has 0 aromatic heterocycles. The summed E-state index contributed by atoms with van der Waals surface area (Å²) in [4.78, 5) is 0. The van der Waals surface area contributed by atoms with Crippen molar-refractivity contribution >= 4 is 19.6 Å². The molecule has 3 aromatic rings. The van der Waals surface area contributed by atoms with Gasteiger partial charge in [0, 0.05) is 26.2 Å². The number of rotatable bonds is 3. The van der Waals surface area contributed by atoms with E-state index in [1.165, 1.54) is 52.3 Å². The van der Waals surface area contributed by atoms with E-state index in [0.29, 0.717) is 5.92 Å². The fraction of sp³-hybridized carbons (Fsp3) is 0.424. The predicted molar refractivity (Wildman–Crippen MR) is 154 cm³/mol. The van der Waals surface area contributed by atoms with Gasteiger partial charge in [-0.05, 0) is 80.7 Å². The van der Waals surface area contributed by atoms with E-state index in [4.69, 9.17) is 0 Å². The Morgan fingerprint density at radius 2 is 1.51 bits per heavy atom. The molecule has 0 saturated carbocycles. The molecule has 0 bridgehead atoms. The third kappa shape index (κ3) is 5.35. The van der Waals surface area contributed by atoms with Crippen molar-refractivity contribution < 1.29 is 26.2 Å². The van der Waals surface area contributed by atoms with Crippen LogP contribution < -0.4 is 0 Å². The summed E-state index contributed by atoms with van der Waals surface area (Å²) in [5, 5.41) is 2.87. The molecule has 1 radical (unpaired) electrons. The second-order valence-electron chi connectivity index (χ2n) is 11.1. The van der Waals surface area contributed by atoms with Crippen molar-refractivity contribution in [2.45, 2.75) is 92.3 Å². The van der Waals surface area contributed by atoms with Crippen LogP contribution in [0.1, 0.15) is 76.1 Å². The molecule has 3 aromatic carbocycles. The summed E-state index contributed by atoms with van der Waals surface area (Å²) in [5.41, 5.74) is 16.2. The molecule has 0 unspecified atom stereocenters. The zero-order chi connectivity index (χ0) is 24.7. The van der Waals surface area contributed by atoms with Crippen LogP contribution in [0.25, 0.3) is 21.9 Å². The van der Waals surface area contributed by atoms with Crippen molar-refractivity contribution in [1.82, 2.24) is 0 Å². The SMILES string of the molecule is CC1=C(C)C([Si](C)C)C(C)=C1C.Cc1cc2c(-c3ccccc3C(C)C)c3c(cc2[cH-]1)CCC3.[Zr]. The minimum atomic E-state index is -0.190. The van der Waals surface area contributed by atoms with Crippen LogP contribution in [0.2, 0.25) is 18.6 Å². The molecule has 0 atom stereocenters. The van der Waals surface area contributed by atoms with Gasteiger partial charge in [-0.15, -0.1) is 28.5 Å². The zero-order valence-electron chi connectivity index (χ0n) is 23.3. The Morgan fingerprint density at radius 1 is 0.886 bits per heavy atom. The monoisotopic (exact) mass is 556 g/mol. The predicted octanol–water partition coefficient (Wildman–Crippen LogP) is 9.94. The van der Waals surface area contributed by atoms with E-state index in [1.54, 1.807) is 33.4 Å². The Hall–Kier alpha value is -1.37. The summed E-state index contributed by atoms with van der Waals surface area (Å²) in [7, 11) is -0.190. The van der Waals surface area contributed by atoms with Crippen molar-refractivity contribution in [2.24, 2.45) is 0 Å². The van der Waals surface area contributed by atoms with Crippen molar-refractivity contribution in [3.05, 3.63) is 87.0 Å². The van der Waals surface area contributed by atoms with E-state index >= 15 is 0 Å². The summed E-state index contributed by atoms with van der Waals surface area (Å²) < 4.78 is 0. The quantitative estimate of drug-likeness (QED) is 0.222. The Balaban J connectivity index is 0.000000226. The van der Waals surface area contributed by atoms with E-state index in [-0.39, 0.29) is 35.0 Å². The second kappa shape index (κ2) is 11.4. The van der Waals surface area contributed by atoms with Crippen LogP contribution in [0.3, 0.4) is 0 Å². The Kier molecular flexibility index (Phi) is 9.15. The molecular formula is C33H42SiZr-. The van der Waals surface area contributed by atoms with Crippen LogP contribution in [0.4, 0.5) is 0 Å². The molecule has 2 aliphatic carbocycles. The average Bonchev–Trinajstić information content (AvgIpc) is 3.45. The minimum absolute atomic E-state index is 0. The molecule has 0 fully saturated rings. The fourth-order valence-electron chi connectivity index (χ4n) is 6.32. The summed E-state index contributed by atoms with van der Waals surface area (Å²) in [5.74, 6) is 0.555. The largest absolute Gasteiger partial charge is 0.165 e. The van der Waals surface area contributed by atoms with E-state index in [2.05, 4.69) is 104 Å². The van der Waals surface area contributed by atoms with Crippen molar-refractivity contribution in [3.8, 4) is 11.1 Å². The van der Waals surface area contributed by atoms with Gasteiger partial charge in [0.25, 0.3) is 0 Å². The molecule has 2 heteroatoms. The molecule has 0 aliphatic heterocycles. The van der Waals surface area contributed by atoms with Gasteiger partial charge in [0.2, 0.25) is 0 Å². The van der Waals surface area contributed by atoms with E-state index in [1.807, 2.05) is 0 Å². The normalized spacial score (nSPS) is 15.7. The van der Waals surface area contributed by atoms with E-state index < -0.39 is 0 Å². The van der Waals surface area contributed by atoms with Crippen molar-refractivity contribution in [3.63, 3.8) is 0 Å². The Labute approximate surface area is 235 Å². The van der Waals surface area contributed by atoms with Gasteiger partial charge in [-0.1, -0.05) is 86.0 Å². The number of benzene rings is 2. The van der Waals surface area contributed by atoms with Crippen molar-refractivity contribution in [1.29, 1.82) is 0 Å². The third-order valence-corrected chi connectivity index (χ3v) is 10.3. The summed E-state index contributed by atoms with van der Waals surface area (Å²) in [6.45, 7) is 20.8. The fourth-order valence-corrected chi connectivity index (χ4v) is 8.49. The molecule has 0 heterocycles. The Bertz CT molecular complexity index is 1260. The standard InChI is InChI=1S/C22H23.C11H19Si.Zr/c1-14(2)18-8-4-5-9-20(18)22-19-10-6-7-16(19)13-17-11-15(3)12-21(17)22;1-7-8(2)10(4)11(9(7)3)12(5)6;/h4-5,8-9,11-14H,6-7,10H2,1-3H3;11H,1-6H3;/q-1;;. The van der Waals surface area contributed by atoms with Gasteiger partial charge in [-0.3, -0.25) is 0 Å². The molecule has 0 N–H and O–H groups in total. The molecule has 35 heavy (non-hydrogen) atoms. The minimum Gasteiger partial charge on any atom is -0.165 e. The van der Waals surface area contributed by atoms with Crippen LogP contribution in [-0.4, -0.2) is 8.80 Å². The first-order chi connectivity index (χ1) is 16.1. The smallest absolute Gasteiger partial charge is 0.0547 e. The summed E-state index contributed by atoms with van der Waals surface area (Å²) >= 11 is 0. The van der Waals surface area contributed by atoms with Crippen LogP contribution in [0.5, 0.6) is 0 Å². The maximum Gasteiger partial charge on any atom is 0.0547 e. The average molecular weight is 558 g/mol. The van der Waals surface area contributed by atoms with E-state index in [0.717, 1.165) is 5.54 Å². The molecule has 183 valence electrons. The second-order valence-corrected chi connectivity index (χ2v) is 13.9. The summed E-state index contributed by atoms with van der Waals surface area (Å²) in [6, 6.07) is 16.1. The van der Waals surface area contributed by atoms with Gasteiger partial charge in [0.15, 0.2) is 0 Å². The van der Waals surface area contributed by atoms with Crippen LogP contribution >= 0.6 is 0 Å². The van der Waals surface area contributed by atoms with Gasteiger partial charge < -0.3 is 0 Å². The molecule has 0 amide bonds. The molecule has 0 saturated heterocycles. The Morgan fingerprint density at radius 3 is 2.09 bits per heavy atom. The van der Waals surface area contributed by atoms with Gasteiger partial charge >= 0.3 is 0 Å². The number of aryl methyl sites for hydroxylation is 2. The first kappa shape index (κ1) is 28.2.